The molecule has 0 spiro atoms. The maximum Gasteiger partial charge on any atom is 0.219 e. The van der Waals surface area contributed by atoms with Crippen molar-refractivity contribution in [1.29, 1.82) is 0 Å². The number of carbonyl (C=O) groups excluding carboxylic acids is 3. The summed E-state index contributed by atoms with van der Waals surface area (Å²) in [4.78, 5) is 44.6. The molecule has 4 aromatic rings. The summed E-state index contributed by atoms with van der Waals surface area (Å²) in [5, 5.41) is 0.820. The summed E-state index contributed by atoms with van der Waals surface area (Å²) in [6, 6.07) is 9.41. The van der Waals surface area contributed by atoms with Gasteiger partial charge in [0.2, 0.25) is 5.91 Å². The molecular weight excluding hydrogens is 428 g/mol. The van der Waals surface area contributed by atoms with Gasteiger partial charge in [0, 0.05) is 61.0 Å². The molecule has 7 heteroatoms. The number of terminal acetylenes is 1. The van der Waals surface area contributed by atoms with Crippen molar-refractivity contribution >= 4 is 45.2 Å². The van der Waals surface area contributed by atoms with Crippen LogP contribution in [0.1, 0.15) is 35.7 Å². The second-order valence-corrected chi connectivity index (χ2v) is 8.70. The lowest BCUT2D eigenvalue weighted by atomic mass is 9.96. The van der Waals surface area contributed by atoms with Crippen molar-refractivity contribution in [2.45, 2.75) is 26.4 Å². The Bertz CT molecular complexity index is 1640. The van der Waals surface area contributed by atoms with E-state index in [4.69, 9.17) is 6.42 Å². The minimum Gasteiger partial charge on any atom is -0.345 e. The molecule has 4 heterocycles. The monoisotopic (exact) mass is 448 g/mol. The third-order valence-corrected chi connectivity index (χ3v) is 6.71. The van der Waals surface area contributed by atoms with Crippen molar-refractivity contribution in [1.82, 2.24) is 18.9 Å². The molecule has 6 rings (SSSR count). The lowest BCUT2D eigenvalue weighted by Gasteiger charge is -2.18. The van der Waals surface area contributed by atoms with Crippen LogP contribution in [-0.2, 0) is 27.5 Å². The molecule has 166 valence electrons. The number of allylic oxidation sites excluding steroid dienone is 2. The molecule has 0 unspecified atom stereocenters. The van der Waals surface area contributed by atoms with Crippen LogP contribution in [0.3, 0.4) is 0 Å². The molecular formula is C27H20N4O3. The highest BCUT2D eigenvalue weighted by atomic mass is 16.2. The SMILES string of the molecule is C#Cc1cc2c3c(c1)c(C1=C(c4cnc5ccccn45)C(=O)CC1=O)cn3CCN(C(C)=O)C2. The molecule has 3 aromatic heterocycles. The standard InChI is InChI=1S/C27H20N4O3/c1-3-17-10-18-14-29(16(2)32)8-9-30-15-20(19(11-17)27(18)30)25-22(33)12-23(34)26(25)21-13-28-24-6-4-5-7-31(21)24/h1,4-7,10-11,13,15H,8-9,12,14H2,2H3. The van der Waals surface area contributed by atoms with Gasteiger partial charge in [-0.05, 0) is 29.8 Å². The number of rotatable bonds is 2. The Labute approximate surface area is 195 Å². The largest absolute Gasteiger partial charge is 0.345 e. The number of nitrogens with zero attached hydrogens (tertiary/aromatic N) is 4. The number of benzene rings is 1. The summed E-state index contributed by atoms with van der Waals surface area (Å²) in [7, 11) is 0. The van der Waals surface area contributed by atoms with Gasteiger partial charge in [0.15, 0.2) is 11.6 Å². The van der Waals surface area contributed by atoms with Crippen molar-refractivity contribution < 1.29 is 14.4 Å². The van der Waals surface area contributed by atoms with Gasteiger partial charge in [-0.1, -0.05) is 12.0 Å². The Balaban J connectivity index is 1.65. The van der Waals surface area contributed by atoms with Crippen molar-refractivity contribution in [2.75, 3.05) is 6.54 Å². The molecule has 1 aromatic carbocycles. The third-order valence-electron chi connectivity index (χ3n) is 6.71. The van der Waals surface area contributed by atoms with E-state index < -0.39 is 0 Å². The van der Waals surface area contributed by atoms with E-state index in [-0.39, 0.29) is 23.9 Å². The highest BCUT2D eigenvalue weighted by Gasteiger charge is 2.36. The van der Waals surface area contributed by atoms with E-state index in [0.29, 0.717) is 53.2 Å². The fourth-order valence-electron chi connectivity index (χ4n) is 5.17. The molecule has 0 N–H and O–H groups in total. The zero-order valence-electron chi connectivity index (χ0n) is 18.5. The van der Waals surface area contributed by atoms with E-state index in [1.807, 2.05) is 47.1 Å². The minimum atomic E-state index is -0.213. The number of Topliss-reactive ketones (excluding diaryl/α,β-unsaturated/α-hetero) is 2. The van der Waals surface area contributed by atoms with E-state index in [2.05, 4.69) is 15.5 Å². The Morgan fingerprint density at radius 1 is 1.12 bits per heavy atom. The Hall–Kier alpha value is -4.44. The Kier molecular flexibility index (Phi) is 4.33. The van der Waals surface area contributed by atoms with Gasteiger partial charge in [0.1, 0.15) is 5.65 Å². The first-order chi connectivity index (χ1) is 16.5. The number of hydrogen-bond donors (Lipinski definition) is 0. The van der Waals surface area contributed by atoms with Gasteiger partial charge in [-0.2, -0.15) is 0 Å². The summed E-state index contributed by atoms with van der Waals surface area (Å²) >= 11 is 0. The van der Waals surface area contributed by atoms with Gasteiger partial charge in [0.05, 0.1) is 29.4 Å². The molecule has 7 nitrogen and oxygen atoms in total. The molecule has 2 aliphatic rings. The molecule has 1 amide bonds. The number of ketones is 2. The predicted molar refractivity (Wildman–Crippen MR) is 128 cm³/mol. The van der Waals surface area contributed by atoms with Crippen LogP contribution < -0.4 is 0 Å². The molecule has 0 atom stereocenters. The maximum atomic E-state index is 13.2. The predicted octanol–water partition coefficient (Wildman–Crippen LogP) is 3.09. The first-order valence-electron chi connectivity index (χ1n) is 11.1. The normalized spacial score (nSPS) is 15.9. The van der Waals surface area contributed by atoms with Crippen LogP contribution in [0.5, 0.6) is 0 Å². The van der Waals surface area contributed by atoms with E-state index in [1.54, 1.807) is 18.0 Å². The van der Waals surface area contributed by atoms with E-state index in [1.165, 1.54) is 0 Å². The average Bonchev–Trinajstić information content (AvgIpc) is 3.44. The van der Waals surface area contributed by atoms with Crippen molar-refractivity contribution in [3.63, 3.8) is 0 Å². The summed E-state index contributed by atoms with van der Waals surface area (Å²) < 4.78 is 3.90. The van der Waals surface area contributed by atoms with Gasteiger partial charge in [0.25, 0.3) is 0 Å². The third kappa shape index (κ3) is 2.85. The van der Waals surface area contributed by atoms with Crippen LogP contribution >= 0.6 is 0 Å². The number of imidazole rings is 1. The van der Waals surface area contributed by atoms with Gasteiger partial charge in [-0.3, -0.25) is 18.8 Å². The number of hydrogen-bond acceptors (Lipinski definition) is 4. The Morgan fingerprint density at radius 2 is 1.94 bits per heavy atom. The fraction of sp³-hybridized carbons (Fsp3) is 0.185. The van der Waals surface area contributed by atoms with Crippen LogP contribution in [0.25, 0.3) is 27.7 Å². The van der Waals surface area contributed by atoms with Crippen LogP contribution in [0.4, 0.5) is 0 Å². The average molecular weight is 448 g/mol. The molecule has 0 saturated heterocycles. The highest BCUT2D eigenvalue weighted by molar-refractivity contribution is 6.51. The number of aromatic nitrogens is 3. The number of amides is 1. The van der Waals surface area contributed by atoms with E-state index >= 15 is 0 Å². The van der Waals surface area contributed by atoms with Crippen molar-refractivity contribution in [3.8, 4) is 12.3 Å². The van der Waals surface area contributed by atoms with Crippen LogP contribution in [0, 0.1) is 12.3 Å². The zero-order chi connectivity index (χ0) is 23.6. The lowest BCUT2D eigenvalue weighted by Crippen LogP contribution is -2.29. The molecule has 0 fully saturated rings. The van der Waals surface area contributed by atoms with E-state index in [9.17, 15) is 14.4 Å². The Morgan fingerprint density at radius 3 is 2.74 bits per heavy atom. The first-order valence-corrected chi connectivity index (χ1v) is 11.1. The van der Waals surface area contributed by atoms with Gasteiger partial charge >= 0.3 is 0 Å². The minimum absolute atomic E-state index is 0.000546. The highest BCUT2D eigenvalue weighted by Crippen LogP contribution is 2.40. The van der Waals surface area contributed by atoms with E-state index in [0.717, 1.165) is 16.5 Å². The second kappa shape index (κ2) is 7.29. The number of carbonyl (C=O) groups is 3. The molecule has 0 saturated carbocycles. The van der Waals surface area contributed by atoms with Crippen molar-refractivity contribution in [2.24, 2.45) is 0 Å². The summed E-state index contributed by atoms with van der Waals surface area (Å²) in [5.41, 5.74) is 5.33. The molecule has 1 aliphatic heterocycles. The molecule has 1 aliphatic carbocycles. The second-order valence-electron chi connectivity index (χ2n) is 8.70. The van der Waals surface area contributed by atoms with Gasteiger partial charge < -0.3 is 9.47 Å². The van der Waals surface area contributed by atoms with Crippen LogP contribution in [-0.4, -0.2) is 42.9 Å². The summed E-state index contributed by atoms with van der Waals surface area (Å²) in [6.07, 6.45) is 11.0. The van der Waals surface area contributed by atoms with Gasteiger partial charge in [-0.15, -0.1) is 6.42 Å². The maximum absolute atomic E-state index is 13.2. The number of fused-ring (bicyclic) bond motifs is 1. The lowest BCUT2D eigenvalue weighted by molar-refractivity contribution is -0.129. The molecule has 0 bridgehead atoms. The fourth-order valence-corrected chi connectivity index (χ4v) is 5.17. The quantitative estimate of drug-likeness (QED) is 0.349. The number of pyridine rings is 1. The van der Waals surface area contributed by atoms with Crippen LogP contribution in [0.15, 0.2) is 48.9 Å². The van der Waals surface area contributed by atoms with Crippen molar-refractivity contribution in [3.05, 3.63) is 71.3 Å². The summed E-state index contributed by atoms with van der Waals surface area (Å²) in [6.45, 7) is 3.13. The smallest absolute Gasteiger partial charge is 0.219 e. The van der Waals surface area contributed by atoms with Gasteiger partial charge in [-0.25, -0.2) is 4.98 Å². The summed E-state index contributed by atoms with van der Waals surface area (Å²) in [5.74, 6) is 2.28. The molecule has 0 radical (unpaired) electrons. The first kappa shape index (κ1) is 20.2. The topological polar surface area (TPSA) is 76.7 Å². The molecule has 34 heavy (non-hydrogen) atoms. The van der Waals surface area contributed by atoms with Crippen LogP contribution in [0.2, 0.25) is 0 Å². The zero-order valence-corrected chi connectivity index (χ0v) is 18.5.